The van der Waals surface area contributed by atoms with Crippen LogP contribution >= 0.6 is 0 Å². The standard InChI is InChI=1S/C16H24N4O2/c1-19(2)16(22)18-12-14-11-13(7-8-17-14)15(21)20-9-5-3-4-6-10-20/h7-8,11H,3-6,9-10,12H2,1-2H3,(H,18,22). The average Bonchev–Trinajstić information content (AvgIpc) is 2.81. The SMILES string of the molecule is CN(C)C(=O)NCc1cc(C(=O)N2CCCCCC2)ccn1. The summed E-state index contributed by atoms with van der Waals surface area (Å²) in [5.41, 5.74) is 1.34. The van der Waals surface area contributed by atoms with Gasteiger partial charge in [0.15, 0.2) is 0 Å². The van der Waals surface area contributed by atoms with Crippen molar-refractivity contribution in [3.63, 3.8) is 0 Å². The zero-order valence-electron chi connectivity index (χ0n) is 13.3. The molecular weight excluding hydrogens is 280 g/mol. The smallest absolute Gasteiger partial charge is 0.317 e. The molecule has 6 nitrogen and oxygen atoms in total. The minimum atomic E-state index is -0.175. The lowest BCUT2D eigenvalue weighted by molar-refractivity contribution is 0.0761. The molecule has 1 aliphatic heterocycles. The second kappa shape index (κ2) is 7.77. The van der Waals surface area contributed by atoms with Crippen LogP contribution in [0.3, 0.4) is 0 Å². The van der Waals surface area contributed by atoms with E-state index in [-0.39, 0.29) is 11.9 Å². The molecule has 1 aromatic heterocycles. The Morgan fingerprint density at radius 2 is 1.91 bits per heavy atom. The molecular formula is C16H24N4O2. The van der Waals surface area contributed by atoms with Gasteiger partial charge in [0.25, 0.3) is 5.91 Å². The first-order valence-corrected chi connectivity index (χ1v) is 7.77. The number of pyridine rings is 1. The third kappa shape index (κ3) is 4.44. The molecule has 3 amide bonds. The maximum Gasteiger partial charge on any atom is 0.317 e. The number of carbonyl (C=O) groups excluding carboxylic acids is 2. The number of hydrogen-bond acceptors (Lipinski definition) is 3. The maximum absolute atomic E-state index is 12.6. The molecule has 1 aliphatic rings. The molecule has 1 N–H and O–H groups in total. The van der Waals surface area contributed by atoms with E-state index >= 15 is 0 Å². The highest BCUT2D eigenvalue weighted by Crippen LogP contribution is 2.13. The van der Waals surface area contributed by atoms with E-state index in [0.717, 1.165) is 25.9 Å². The van der Waals surface area contributed by atoms with Crippen molar-refractivity contribution in [1.29, 1.82) is 0 Å². The Labute approximate surface area is 131 Å². The van der Waals surface area contributed by atoms with Crippen LogP contribution in [-0.4, -0.2) is 53.9 Å². The molecule has 2 rings (SSSR count). The van der Waals surface area contributed by atoms with E-state index in [4.69, 9.17) is 0 Å². The molecule has 0 aromatic carbocycles. The summed E-state index contributed by atoms with van der Waals surface area (Å²) in [5, 5.41) is 2.75. The van der Waals surface area contributed by atoms with Gasteiger partial charge in [0.1, 0.15) is 0 Å². The maximum atomic E-state index is 12.6. The van der Waals surface area contributed by atoms with Crippen molar-refractivity contribution >= 4 is 11.9 Å². The molecule has 1 fully saturated rings. The van der Waals surface area contributed by atoms with E-state index in [1.807, 2.05) is 4.90 Å². The summed E-state index contributed by atoms with van der Waals surface area (Å²) >= 11 is 0. The second-order valence-electron chi connectivity index (χ2n) is 5.80. The molecule has 0 bridgehead atoms. The highest BCUT2D eigenvalue weighted by molar-refractivity contribution is 5.94. The van der Waals surface area contributed by atoms with Crippen LogP contribution in [0.4, 0.5) is 4.79 Å². The van der Waals surface area contributed by atoms with Gasteiger partial charge in [-0.25, -0.2) is 4.79 Å². The summed E-state index contributed by atoms with van der Waals surface area (Å²) in [7, 11) is 3.37. The third-order valence-corrected chi connectivity index (χ3v) is 3.78. The minimum absolute atomic E-state index is 0.0597. The van der Waals surface area contributed by atoms with Crippen LogP contribution in [0.25, 0.3) is 0 Å². The van der Waals surface area contributed by atoms with Crippen LogP contribution in [0, 0.1) is 0 Å². The number of nitrogens with one attached hydrogen (secondary N) is 1. The molecule has 6 heteroatoms. The largest absolute Gasteiger partial charge is 0.339 e. The Kier molecular flexibility index (Phi) is 5.75. The van der Waals surface area contributed by atoms with Gasteiger partial charge in [-0.15, -0.1) is 0 Å². The van der Waals surface area contributed by atoms with E-state index < -0.39 is 0 Å². The van der Waals surface area contributed by atoms with Gasteiger partial charge in [0.05, 0.1) is 12.2 Å². The predicted octanol–water partition coefficient (Wildman–Crippen LogP) is 1.87. The lowest BCUT2D eigenvalue weighted by atomic mass is 10.2. The number of nitrogens with zero attached hydrogens (tertiary/aromatic N) is 3. The summed E-state index contributed by atoms with van der Waals surface area (Å²) in [4.78, 5) is 31.7. The van der Waals surface area contributed by atoms with Crippen molar-refractivity contribution in [1.82, 2.24) is 20.1 Å². The summed E-state index contributed by atoms with van der Waals surface area (Å²) in [5.74, 6) is 0.0597. The first-order chi connectivity index (χ1) is 10.6. The van der Waals surface area contributed by atoms with E-state index in [0.29, 0.717) is 17.8 Å². The zero-order valence-corrected chi connectivity index (χ0v) is 13.3. The lowest BCUT2D eigenvalue weighted by Gasteiger charge is -2.20. The van der Waals surface area contributed by atoms with E-state index in [1.54, 1.807) is 32.4 Å². The van der Waals surface area contributed by atoms with Crippen LogP contribution in [0.1, 0.15) is 41.7 Å². The van der Waals surface area contributed by atoms with Gasteiger partial charge >= 0.3 is 6.03 Å². The number of likely N-dealkylation sites (tertiary alicyclic amines) is 1. The predicted molar refractivity (Wildman–Crippen MR) is 84.5 cm³/mol. The Morgan fingerprint density at radius 1 is 1.23 bits per heavy atom. The molecule has 1 saturated heterocycles. The summed E-state index contributed by atoms with van der Waals surface area (Å²) in [6, 6.07) is 3.33. The van der Waals surface area contributed by atoms with Crippen LogP contribution in [0.15, 0.2) is 18.3 Å². The zero-order chi connectivity index (χ0) is 15.9. The Morgan fingerprint density at radius 3 is 2.55 bits per heavy atom. The van der Waals surface area contributed by atoms with Crippen molar-refractivity contribution in [2.45, 2.75) is 32.2 Å². The van der Waals surface area contributed by atoms with Gasteiger partial charge in [0, 0.05) is 38.9 Å². The number of rotatable bonds is 3. The van der Waals surface area contributed by atoms with Gasteiger partial charge in [-0.2, -0.15) is 0 Å². The van der Waals surface area contributed by atoms with Crippen molar-refractivity contribution < 1.29 is 9.59 Å². The fourth-order valence-electron chi connectivity index (χ4n) is 2.49. The number of hydrogen-bond donors (Lipinski definition) is 1. The Balaban J connectivity index is 2.00. The second-order valence-corrected chi connectivity index (χ2v) is 5.80. The molecule has 0 saturated carbocycles. The molecule has 22 heavy (non-hydrogen) atoms. The van der Waals surface area contributed by atoms with Crippen molar-refractivity contribution in [2.24, 2.45) is 0 Å². The van der Waals surface area contributed by atoms with Crippen molar-refractivity contribution in [2.75, 3.05) is 27.2 Å². The van der Waals surface area contributed by atoms with E-state index in [2.05, 4.69) is 10.3 Å². The average molecular weight is 304 g/mol. The Hall–Kier alpha value is -2.11. The third-order valence-electron chi connectivity index (χ3n) is 3.78. The number of amides is 3. The van der Waals surface area contributed by atoms with Crippen LogP contribution in [0.5, 0.6) is 0 Å². The molecule has 120 valence electrons. The fraction of sp³-hybridized carbons (Fsp3) is 0.562. The van der Waals surface area contributed by atoms with Crippen LogP contribution in [0.2, 0.25) is 0 Å². The van der Waals surface area contributed by atoms with Gasteiger partial charge in [0.2, 0.25) is 0 Å². The van der Waals surface area contributed by atoms with Gasteiger partial charge in [-0.05, 0) is 25.0 Å². The summed E-state index contributed by atoms with van der Waals surface area (Å²) in [6.07, 6.45) is 6.16. The quantitative estimate of drug-likeness (QED) is 0.927. The normalized spacial score (nSPS) is 15.1. The first-order valence-electron chi connectivity index (χ1n) is 7.77. The van der Waals surface area contributed by atoms with Crippen molar-refractivity contribution in [3.8, 4) is 0 Å². The molecule has 0 spiro atoms. The Bertz CT molecular complexity index is 523. The van der Waals surface area contributed by atoms with Gasteiger partial charge in [-0.3, -0.25) is 9.78 Å². The molecule has 0 radical (unpaired) electrons. The molecule has 1 aromatic rings. The van der Waals surface area contributed by atoms with Gasteiger partial charge < -0.3 is 15.1 Å². The first kappa shape index (κ1) is 16.3. The minimum Gasteiger partial charge on any atom is -0.339 e. The van der Waals surface area contributed by atoms with Crippen LogP contribution in [-0.2, 0) is 6.54 Å². The van der Waals surface area contributed by atoms with Crippen LogP contribution < -0.4 is 5.32 Å². The van der Waals surface area contributed by atoms with Gasteiger partial charge in [-0.1, -0.05) is 12.8 Å². The molecule has 0 atom stereocenters. The van der Waals surface area contributed by atoms with E-state index in [1.165, 1.54) is 17.7 Å². The highest BCUT2D eigenvalue weighted by Gasteiger charge is 2.17. The molecule has 0 unspecified atom stereocenters. The lowest BCUT2D eigenvalue weighted by Crippen LogP contribution is -2.34. The topological polar surface area (TPSA) is 65.5 Å². The molecule has 0 aliphatic carbocycles. The van der Waals surface area contributed by atoms with E-state index in [9.17, 15) is 9.59 Å². The number of carbonyl (C=O) groups is 2. The summed E-state index contributed by atoms with van der Waals surface area (Å²) in [6.45, 7) is 1.97. The highest BCUT2D eigenvalue weighted by atomic mass is 16.2. The fourth-order valence-corrected chi connectivity index (χ4v) is 2.49. The van der Waals surface area contributed by atoms with Crippen molar-refractivity contribution in [3.05, 3.63) is 29.6 Å². The number of aromatic nitrogens is 1. The molecule has 2 heterocycles. The number of urea groups is 1. The monoisotopic (exact) mass is 304 g/mol. The summed E-state index contributed by atoms with van der Waals surface area (Å²) < 4.78 is 0.